The number of aromatic nitrogens is 4. The van der Waals surface area contributed by atoms with Crippen LogP contribution in [0.2, 0.25) is 0 Å². The smallest absolute Gasteiger partial charge is 0.308 e. The Morgan fingerprint density at radius 3 is 2.56 bits per heavy atom. The second kappa shape index (κ2) is 8.75. The number of nitrogens with zero attached hydrogens (tertiary/aromatic N) is 4. The van der Waals surface area contributed by atoms with E-state index in [9.17, 15) is 14.7 Å². The summed E-state index contributed by atoms with van der Waals surface area (Å²) in [5, 5.41) is 24.5. The van der Waals surface area contributed by atoms with Gasteiger partial charge in [0, 0.05) is 11.6 Å². The third-order valence-electron chi connectivity index (χ3n) is 4.98. The molecule has 0 spiro atoms. The maximum absolute atomic E-state index is 12.4. The number of carbonyl (C=O) groups excluding carboxylic acids is 1. The van der Waals surface area contributed by atoms with E-state index in [1.54, 1.807) is 0 Å². The first kappa shape index (κ1) is 19.0. The van der Waals surface area contributed by atoms with Crippen molar-refractivity contribution in [2.24, 2.45) is 5.92 Å². The lowest BCUT2D eigenvalue weighted by Gasteiger charge is -2.27. The molecule has 8 nitrogen and oxygen atoms in total. The molecule has 8 heteroatoms. The Hall–Kier alpha value is -2.77. The number of hydrogen-bond donors (Lipinski definition) is 2. The Morgan fingerprint density at radius 1 is 1.15 bits per heavy atom. The van der Waals surface area contributed by atoms with Crippen molar-refractivity contribution in [3.05, 3.63) is 29.8 Å². The molecule has 2 atom stereocenters. The topological polar surface area (TPSA) is 110 Å². The fraction of sp³-hybridized carbons (Fsp3) is 0.526. The van der Waals surface area contributed by atoms with Crippen LogP contribution >= 0.6 is 0 Å². The summed E-state index contributed by atoms with van der Waals surface area (Å²) >= 11 is 0. The normalized spacial score (nSPS) is 20.5. The lowest BCUT2D eigenvalue weighted by Crippen LogP contribution is -2.45. The number of carboxylic acid groups (broad SMARTS) is 1. The number of hydrogen-bond acceptors (Lipinski definition) is 5. The Morgan fingerprint density at radius 2 is 1.85 bits per heavy atom. The van der Waals surface area contributed by atoms with Crippen LogP contribution in [0.15, 0.2) is 24.3 Å². The molecule has 0 radical (unpaired) electrons. The molecule has 1 fully saturated rings. The molecule has 0 bridgehead atoms. The minimum absolute atomic E-state index is 0.0816. The molecule has 1 aromatic carbocycles. The summed E-state index contributed by atoms with van der Waals surface area (Å²) in [6.45, 7) is 1.92. The number of tetrazole rings is 1. The zero-order chi connectivity index (χ0) is 19.2. The summed E-state index contributed by atoms with van der Waals surface area (Å²) in [4.78, 5) is 25.2. The highest BCUT2D eigenvalue weighted by atomic mass is 16.4. The molecule has 1 aliphatic carbocycles. The zero-order valence-corrected chi connectivity index (χ0v) is 15.5. The molecular weight excluding hydrogens is 346 g/mol. The number of aryl methyl sites for hydroxylation is 1. The SMILES string of the molecule is Cc1ccc(-c2nnn(CC(=O)NC3CCCCCCC3C(=O)O)n2)cc1. The van der Waals surface area contributed by atoms with Gasteiger partial charge in [0.2, 0.25) is 11.7 Å². The Bertz CT molecular complexity index is 787. The summed E-state index contributed by atoms with van der Waals surface area (Å²) in [6.07, 6.45) is 5.21. The summed E-state index contributed by atoms with van der Waals surface area (Å²) in [6, 6.07) is 7.38. The number of rotatable bonds is 5. The van der Waals surface area contributed by atoms with E-state index in [0.717, 1.165) is 36.8 Å². The van der Waals surface area contributed by atoms with Crippen molar-refractivity contribution in [2.75, 3.05) is 0 Å². The molecule has 1 heterocycles. The van der Waals surface area contributed by atoms with Crippen molar-refractivity contribution in [3.8, 4) is 11.4 Å². The van der Waals surface area contributed by atoms with Crippen molar-refractivity contribution in [1.82, 2.24) is 25.5 Å². The van der Waals surface area contributed by atoms with Gasteiger partial charge >= 0.3 is 5.97 Å². The largest absolute Gasteiger partial charge is 0.481 e. The molecule has 27 heavy (non-hydrogen) atoms. The van der Waals surface area contributed by atoms with Crippen LogP contribution in [0.3, 0.4) is 0 Å². The molecule has 1 aromatic heterocycles. The molecule has 0 aliphatic heterocycles. The lowest BCUT2D eigenvalue weighted by molar-refractivity contribution is -0.143. The first-order chi connectivity index (χ1) is 13.0. The maximum atomic E-state index is 12.4. The summed E-state index contributed by atoms with van der Waals surface area (Å²) in [7, 11) is 0. The van der Waals surface area contributed by atoms with Gasteiger partial charge in [-0.25, -0.2) is 0 Å². The minimum atomic E-state index is -0.845. The number of nitrogens with one attached hydrogen (secondary N) is 1. The highest BCUT2D eigenvalue weighted by molar-refractivity contribution is 5.77. The molecule has 3 rings (SSSR count). The second-order valence-electron chi connectivity index (χ2n) is 7.12. The highest BCUT2D eigenvalue weighted by Crippen LogP contribution is 2.23. The highest BCUT2D eigenvalue weighted by Gasteiger charge is 2.30. The van der Waals surface area contributed by atoms with Crippen LogP contribution in [-0.2, 0) is 16.1 Å². The van der Waals surface area contributed by atoms with Gasteiger partial charge in [0.15, 0.2) is 0 Å². The van der Waals surface area contributed by atoms with E-state index < -0.39 is 11.9 Å². The second-order valence-corrected chi connectivity index (χ2v) is 7.12. The number of carbonyl (C=O) groups is 2. The molecule has 2 aromatic rings. The number of carboxylic acids is 1. The van der Waals surface area contributed by atoms with E-state index in [0.29, 0.717) is 18.7 Å². The van der Waals surface area contributed by atoms with Crippen molar-refractivity contribution in [1.29, 1.82) is 0 Å². The Labute approximate surface area is 158 Å². The Balaban J connectivity index is 1.62. The predicted octanol–water partition coefficient (Wildman–Crippen LogP) is 2.19. The first-order valence-corrected chi connectivity index (χ1v) is 9.40. The first-order valence-electron chi connectivity index (χ1n) is 9.40. The maximum Gasteiger partial charge on any atom is 0.308 e. The van der Waals surface area contributed by atoms with Gasteiger partial charge in [-0.2, -0.15) is 4.80 Å². The van der Waals surface area contributed by atoms with Crippen molar-refractivity contribution in [3.63, 3.8) is 0 Å². The van der Waals surface area contributed by atoms with Crippen molar-refractivity contribution >= 4 is 11.9 Å². The monoisotopic (exact) mass is 371 g/mol. The average Bonchev–Trinajstić information content (AvgIpc) is 3.06. The molecule has 1 saturated carbocycles. The van der Waals surface area contributed by atoms with E-state index in [-0.39, 0.29) is 18.5 Å². The van der Waals surface area contributed by atoms with Gasteiger partial charge in [-0.05, 0) is 25.0 Å². The quantitative estimate of drug-likeness (QED) is 0.834. The fourth-order valence-electron chi connectivity index (χ4n) is 3.46. The van der Waals surface area contributed by atoms with Gasteiger partial charge < -0.3 is 10.4 Å². The number of amides is 1. The van der Waals surface area contributed by atoms with E-state index in [1.807, 2.05) is 31.2 Å². The molecule has 1 aliphatic rings. The van der Waals surface area contributed by atoms with Crippen molar-refractivity contribution < 1.29 is 14.7 Å². The molecule has 1 amide bonds. The molecule has 144 valence electrons. The third kappa shape index (κ3) is 5.12. The summed E-state index contributed by atoms with van der Waals surface area (Å²) in [5.74, 6) is -1.22. The minimum Gasteiger partial charge on any atom is -0.481 e. The van der Waals surface area contributed by atoms with Gasteiger partial charge in [-0.3, -0.25) is 9.59 Å². The van der Waals surface area contributed by atoms with Crippen molar-refractivity contribution in [2.45, 2.75) is 58.0 Å². The molecule has 2 N–H and O–H groups in total. The van der Waals surface area contributed by atoms with Gasteiger partial charge in [0.1, 0.15) is 6.54 Å². The predicted molar refractivity (Wildman–Crippen MR) is 98.7 cm³/mol. The van der Waals surface area contributed by atoms with Crippen LogP contribution < -0.4 is 5.32 Å². The van der Waals surface area contributed by atoms with E-state index >= 15 is 0 Å². The van der Waals surface area contributed by atoms with Gasteiger partial charge in [0.05, 0.1) is 5.92 Å². The Kier molecular flexibility index (Phi) is 6.16. The number of benzene rings is 1. The molecule has 0 saturated heterocycles. The van der Waals surface area contributed by atoms with E-state index in [2.05, 4.69) is 20.7 Å². The summed E-state index contributed by atoms with van der Waals surface area (Å²) < 4.78 is 0. The van der Waals surface area contributed by atoms with Gasteiger partial charge in [0.25, 0.3) is 0 Å². The van der Waals surface area contributed by atoms with Crippen LogP contribution in [0.25, 0.3) is 11.4 Å². The standard InChI is InChI=1S/C19H25N5O3/c1-13-8-10-14(11-9-13)18-21-23-24(22-18)12-17(25)20-16-7-5-3-2-4-6-15(16)19(26)27/h8-11,15-16H,2-7,12H2,1H3,(H,20,25)(H,26,27). The molecule has 2 unspecified atom stereocenters. The third-order valence-corrected chi connectivity index (χ3v) is 4.98. The summed E-state index contributed by atoms with van der Waals surface area (Å²) in [5.41, 5.74) is 1.97. The van der Waals surface area contributed by atoms with Crippen LogP contribution in [0, 0.1) is 12.8 Å². The number of aliphatic carboxylic acids is 1. The fourth-order valence-corrected chi connectivity index (χ4v) is 3.46. The zero-order valence-electron chi connectivity index (χ0n) is 15.5. The van der Waals surface area contributed by atoms with Crippen LogP contribution in [-0.4, -0.2) is 43.2 Å². The lowest BCUT2D eigenvalue weighted by atomic mass is 9.87. The van der Waals surface area contributed by atoms with Crippen LogP contribution in [0.1, 0.15) is 44.1 Å². The van der Waals surface area contributed by atoms with E-state index in [1.165, 1.54) is 4.80 Å². The van der Waals surface area contributed by atoms with Gasteiger partial charge in [-0.1, -0.05) is 55.5 Å². The van der Waals surface area contributed by atoms with Gasteiger partial charge in [-0.15, -0.1) is 10.2 Å². The van der Waals surface area contributed by atoms with E-state index in [4.69, 9.17) is 0 Å². The molecular formula is C19H25N5O3. The average molecular weight is 371 g/mol. The van der Waals surface area contributed by atoms with Crippen LogP contribution in [0.4, 0.5) is 0 Å². The van der Waals surface area contributed by atoms with Crippen LogP contribution in [0.5, 0.6) is 0 Å².